The van der Waals surface area contributed by atoms with Gasteiger partial charge < -0.3 is 0 Å². The first-order chi connectivity index (χ1) is 9.90. The van der Waals surface area contributed by atoms with Gasteiger partial charge in [-0.1, -0.05) is 0 Å². The SMILES string of the molecule is N#Cc1ccc(C(=O)/C=C/c2ccc(S(=O)(=O)O)s2)cc1. The Bertz CT molecular complexity index is 840. The first-order valence-corrected chi connectivity index (χ1v) is 7.96. The Labute approximate surface area is 125 Å². The lowest BCUT2D eigenvalue weighted by molar-refractivity contribution is 0.104. The molecule has 1 heterocycles. The van der Waals surface area contributed by atoms with Gasteiger partial charge in [-0.25, -0.2) is 0 Å². The summed E-state index contributed by atoms with van der Waals surface area (Å²) in [5.74, 6) is -0.263. The van der Waals surface area contributed by atoms with Crippen LogP contribution in [0.2, 0.25) is 0 Å². The number of nitriles is 1. The largest absolute Gasteiger partial charge is 0.304 e. The standard InChI is InChI=1S/C14H9NO4S2/c15-9-10-1-3-11(4-2-10)13(16)7-5-12-6-8-14(20-12)21(17,18)19/h1-8H,(H,17,18,19)/b7-5+. The van der Waals surface area contributed by atoms with E-state index >= 15 is 0 Å². The number of benzene rings is 1. The van der Waals surface area contributed by atoms with Gasteiger partial charge in [0, 0.05) is 10.4 Å². The summed E-state index contributed by atoms with van der Waals surface area (Å²) in [5.41, 5.74) is 0.892. The summed E-state index contributed by atoms with van der Waals surface area (Å²) in [6.45, 7) is 0. The van der Waals surface area contributed by atoms with Crippen LogP contribution in [0, 0.1) is 11.3 Å². The number of rotatable bonds is 4. The van der Waals surface area contributed by atoms with E-state index in [1.807, 2.05) is 6.07 Å². The number of hydrogen-bond acceptors (Lipinski definition) is 5. The second-order valence-electron chi connectivity index (χ2n) is 4.02. The van der Waals surface area contributed by atoms with Crippen molar-refractivity contribution >= 4 is 33.3 Å². The van der Waals surface area contributed by atoms with Gasteiger partial charge in [0.2, 0.25) is 0 Å². The van der Waals surface area contributed by atoms with Crippen molar-refractivity contribution in [2.45, 2.75) is 4.21 Å². The van der Waals surface area contributed by atoms with Crippen LogP contribution in [0.4, 0.5) is 0 Å². The van der Waals surface area contributed by atoms with Crippen molar-refractivity contribution in [1.82, 2.24) is 0 Å². The Kier molecular flexibility index (Phi) is 4.33. The average molecular weight is 319 g/mol. The van der Waals surface area contributed by atoms with E-state index in [2.05, 4.69) is 0 Å². The summed E-state index contributed by atoms with van der Waals surface area (Å²) in [6.07, 6.45) is 2.78. The molecule has 0 amide bonds. The number of carbonyl (C=O) groups is 1. The maximum absolute atomic E-state index is 11.9. The van der Waals surface area contributed by atoms with Gasteiger partial charge in [0.25, 0.3) is 0 Å². The van der Waals surface area contributed by atoms with Crippen LogP contribution in [0.25, 0.3) is 6.08 Å². The predicted molar refractivity (Wildman–Crippen MR) is 78.7 cm³/mol. The van der Waals surface area contributed by atoms with Crippen molar-refractivity contribution in [1.29, 1.82) is 5.26 Å². The van der Waals surface area contributed by atoms with E-state index in [-0.39, 0.29) is 9.99 Å². The molecule has 0 aliphatic carbocycles. The van der Waals surface area contributed by atoms with E-state index in [9.17, 15) is 13.2 Å². The van der Waals surface area contributed by atoms with E-state index in [4.69, 9.17) is 9.81 Å². The van der Waals surface area contributed by atoms with Crippen LogP contribution in [0.5, 0.6) is 0 Å². The summed E-state index contributed by atoms with van der Waals surface area (Å²) in [5, 5.41) is 8.67. The fraction of sp³-hybridized carbons (Fsp3) is 0. The van der Waals surface area contributed by atoms with Crippen LogP contribution >= 0.6 is 11.3 Å². The molecule has 7 heteroatoms. The highest BCUT2D eigenvalue weighted by molar-refractivity contribution is 7.88. The van der Waals surface area contributed by atoms with E-state index in [1.54, 1.807) is 24.3 Å². The lowest BCUT2D eigenvalue weighted by Crippen LogP contribution is -1.93. The van der Waals surface area contributed by atoms with Crippen molar-refractivity contribution < 1.29 is 17.8 Å². The molecule has 2 aromatic rings. The Balaban J connectivity index is 2.15. The Morgan fingerprint density at radius 3 is 2.38 bits per heavy atom. The molecule has 0 aliphatic rings. The molecule has 0 spiro atoms. The van der Waals surface area contributed by atoms with Gasteiger partial charge in [-0.2, -0.15) is 13.7 Å². The minimum Gasteiger partial charge on any atom is -0.289 e. The first-order valence-electron chi connectivity index (χ1n) is 5.70. The molecule has 0 atom stereocenters. The summed E-state index contributed by atoms with van der Waals surface area (Å²) < 4.78 is 30.5. The average Bonchev–Trinajstić information content (AvgIpc) is 2.94. The van der Waals surface area contributed by atoms with Crippen LogP contribution in [0.1, 0.15) is 20.8 Å². The molecule has 0 unspecified atom stereocenters. The monoisotopic (exact) mass is 319 g/mol. The Hall–Kier alpha value is -2.27. The topological polar surface area (TPSA) is 95.2 Å². The van der Waals surface area contributed by atoms with Crippen molar-refractivity contribution in [2.24, 2.45) is 0 Å². The summed E-state index contributed by atoms with van der Waals surface area (Å²) in [6, 6.07) is 10.9. The molecule has 0 saturated carbocycles. The zero-order valence-electron chi connectivity index (χ0n) is 10.6. The maximum atomic E-state index is 11.9. The number of allylic oxidation sites excluding steroid dienone is 1. The van der Waals surface area contributed by atoms with Crippen LogP contribution in [-0.2, 0) is 10.1 Å². The predicted octanol–water partition coefficient (Wildman–Crippen LogP) is 2.76. The zero-order chi connectivity index (χ0) is 15.5. The number of hydrogen-bond donors (Lipinski definition) is 1. The van der Waals surface area contributed by atoms with Gasteiger partial charge in [-0.05, 0) is 48.6 Å². The minimum absolute atomic E-state index is 0.173. The molecule has 1 aromatic heterocycles. The molecule has 21 heavy (non-hydrogen) atoms. The molecule has 0 saturated heterocycles. The van der Waals surface area contributed by atoms with Crippen molar-refractivity contribution in [3.8, 4) is 6.07 Å². The van der Waals surface area contributed by atoms with Gasteiger partial charge in [0.1, 0.15) is 4.21 Å². The van der Waals surface area contributed by atoms with Crippen LogP contribution < -0.4 is 0 Å². The van der Waals surface area contributed by atoms with Crippen LogP contribution in [0.3, 0.4) is 0 Å². The molecule has 0 radical (unpaired) electrons. The van der Waals surface area contributed by atoms with Crippen molar-refractivity contribution in [2.75, 3.05) is 0 Å². The number of thiophene rings is 1. The number of carbonyl (C=O) groups excluding carboxylic acids is 1. The molecule has 1 aromatic carbocycles. The highest BCUT2D eigenvalue weighted by Crippen LogP contribution is 2.22. The second-order valence-corrected chi connectivity index (χ2v) is 6.78. The Morgan fingerprint density at radius 2 is 1.86 bits per heavy atom. The smallest absolute Gasteiger partial charge is 0.289 e. The van der Waals surface area contributed by atoms with Gasteiger partial charge in [0.15, 0.2) is 5.78 Å². The zero-order valence-corrected chi connectivity index (χ0v) is 12.2. The molecule has 2 rings (SSSR count). The fourth-order valence-corrected chi connectivity index (χ4v) is 3.12. The molecule has 5 nitrogen and oxygen atoms in total. The lowest BCUT2D eigenvalue weighted by Gasteiger charge is -1.95. The van der Waals surface area contributed by atoms with E-state index in [0.29, 0.717) is 16.0 Å². The third-order valence-corrected chi connectivity index (χ3v) is 4.93. The minimum atomic E-state index is -4.21. The molecular formula is C14H9NO4S2. The van der Waals surface area contributed by atoms with Gasteiger partial charge in [-0.3, -0.25) is 9.35 Å². The van der Waals surface area contributed by atoms with E-state index < -0.39 is 10.1 Å². The van der Waals surface area contributed by atoms with Gasteiger partial charge >= 0.3 is 10.1 Å². The maximum Gasteiger partial charge on any atom is 0.304 e. The second kappa shape index (κ2) is 6.01. The number of ketones is 1. The summed E-state index contributed by atoms with van der Waals surface area (Å²) >= 11 is 0.863. The van der Waals surface area contributed by atoms with Crippen LogP contribution in [-0.4, -0.2) is 18.8 Å². The fourth-order valence-electron chi connectivity index (χ4n) is 1.53. The quantitative estimate of drug-likeness (QED) is 0.531. The van der Waals surface area contributed by atoms with E-state index in [0.717, 1.165) is 11.3 Å². The Morgan fingerprint density at radius 1 is 1.19 bits per heavy atom. The van der Waals surface area contributed by atoms with Crippen LogP contribution in [0.15, 0.2) is 46.7 Å². The molecule has 1 N–H and O–H groups in total. The summed E-state index contributed by atoms with van der Waals surface area (Å²) in [4.78, 5) is 12.4. The third-order valence-electron chi connectivity index (χ3n) is 2.55. The molecule has 0 aliphatic heterocycles. The molecule has 106 valence electrons. The highest BCUT2D eigenvalue weighted by Gasteiger charge is 2.11. The van der Waals surface area contributed by atoms with Gasteiger partial charge in [-0.15, -0.1) is 11.3 Å². The van der Waals surface area contributed by atoms with Crippen molar-refractivity contribution in [3.05, 3.63) is 58.5 Å². The summed E-state index contributed by atoms with van der Waals surface area (Å²) in [7, 11) is -4.21. The normalized spacial score (nSPS) is 11.4. The molecule has 0 fully saturated rings. The lowest BCUT2D eigenvalue weighted by atomic mass is 10.1. The highest BCUT2D eigenvalue weighted by atomic mass is 32.3. The van der Waals surface area contributed by atoms with Gasteiger partial charge in [0.05, 0.1) is 11.6 Å². The third kappa shape index (κ3) is 3.86. The van der Waals surface area contributed by atoms with Crippen molar-refractivity contribution in [3.63, 3.8) is 0 Å². The number of nitrogens with zero attached hydrogens (tertiary/aromatic N) is 1. The van der Waals surface area contributed by atoms with E-state index in [1.165, 1.54) is 24.3 Å². The first kappa shape index (κ1) is 15.1. The molecular weight excluding hydrogens is 310 g/mol. The molecule has 0 bridgehead atoms.